The van der Waals surface area contributed by atoms with Crippen molar-refractivity contribution in [2.75, 3.05) is 6.61 Å². The van der Waals surface area contributed by atoms with Crippen LogP contribution in [0, 0.1) is 0 Å². The van der Waals surface area contributed by atoms with E-state index in [0.29, 0.717) is 16.6 Å². The summed E-state index contributed by atoms with van der Waals surface area (Å²) in [5.41, 5.74) is 0.466. The first-order valence-electron chi connectivity index (χ1n) is 7.62. The van der Waals surface area contributed by atoms with Crippen LogP contribution >= 0.6 is 15.9 Å². The number of hydrogen-bond donors (Lipinski definition) is 2. The molecule has 142 valence electrons. The molecule has 0 saturated heterocycles. The highest BCUT2D eigenvalue weighted by Crippen LogP contribution is 2.29. The molecular formula is C16H19BrN2O5S2. The Morgan fingerprint density at radius 1 is 1.15 bits per heavy atom. The van der Waals surface area contributed by atoms with Crippen molar-refractivity contribution in [2.24, 2.45) is 5.14 Å². The van der Waals surface area contributed by atoms with E-state index in [9.17, 15) is 16.8 Å². The number of rotatable bonds is 7. The van der Waals surface area contributed by atoms with E-state index < -0.39 is 26.1 Å². The van der Waals surface area contributed by atoms with Gasteiger partial charge in [0.15, 0.2) is 0 Å². The van der Waals surface area contributed by atoms with Gasteiger partial charge in [-0.05, 0) is 49.7 Å². The van der Waals surface area contributed by atoms with Crippen LogP contribution in [0.4, 0.5) is 0 Å². The number of hydrogen-bond acceptors (Lipinski definition) is 5. The Hall–Kier alpha value is -1.46. The molecule has 2 rings (SSSR count). The predicted molar refractivity (Wildman–Crippen MR) is 102 cm³/mol. The molecular weight excluding hydrogens is 444 g/mol. The van der Waals surface area contributed by atoms with Gasteiger partial charge in [0.25, 0.3) is 0 Å². The van der Waals surface area contributed by atoms with Crippen LogP contribution in [0.5, 0.6) is 5.75 Å². The summed E-state index contributed by atoms with van der Waals surface area (Å²) in [7, 11) is -7.79. The van der Waals surface area contributed by atoms with Gasteiger partial charge in [0.2, 0.25) is 20.0 Å². The first kappa shape index (κ1) is 20.8. The average molecular weight is 463 g/mol. The smallest absolute Gasteiger partial charge is 0.244 e. The van der Waals surface area contributed by atoms with E-state index in [2.05, 4.69) is 20.7 Å². The molecule has 1 unspecified atom stereocenters. The lowest BCUT2D eigenvalue weighted by atomic mass is 10.1. The summed E-state index contributed by atoms with van der Waals surface area (Å²) < 4.78 is 57.1. The third-order valence-electron chi connectivity index (χ3n) is 3.51. The molecule has 0 radical (unpaired) electrons. The van der Waals surface area contributed by atoms with Crippen molar-refractivity contribution in [3.63, 3.8) is 0 Å². The van der Waals surface area contributed by atoms with Crippen LogP contribution in [0.1, 0.15) is 25.5 Å². The monoisotopic (exact) mass is 462 g/mol. The second kappa shape index (κ2) is 8.05. The first-order chi connectivity index (χ1) is 12.0. The SMILES string of the molecule is CCOc1ccc(Br)cc1S(=O)(=O)NC(C)c1cccc(S(N)(=O)=O)c1. The van der Waals surface area contributed by atoms with Crippen LogP contribution < -0.4 is 14.6 Å². The van der Waals surface area contributed by atoms with Crippen molar-refractivity contribution in [3.05, 3.63) is 52.5 Å². The highest BCUT2D eigenvalue weighted by atomic mass is 79.9. The van der Waals surface area contributed by atoms with E-state index in [1.54, 1.807) is 32.0 Å². The van der Waals surface area contributed by atoms with E-state index >= 15 is 0 Å². The Bertz CT molecular complexity index is 1010. The number of nitrogens with one attached hydrogen (secondary N) is 1. The molecule has 2 aromatic rings. The van der Waals surface area contributed by atoms with Crippen molar-refractivity contribution < 1.29 is 21.6 Å². The summed E-state index contributed by atoms with van der Waals surface area (Å²) in [4.78, 5) is -0.0957. The molecule has 3 N–H and O–H groups in total. The molecule has 10 heteroatoms. The van der Waals surface area contributed by atoms with Gasteiger partial charge in [-0.1, -0.05) is 28.1 Å². The molecule has 1 atom stereocenters. The van der Waals surface area contributed by atoms with Crippen molar-refractivity contribution in [1.29, 1.82) is 0 Å². The molecule has 0 aliphatic rings. The second-order valence-electron chi connectivity index (χ2n) is 5.48. The number of halogens is 1. The minimum atomic E-state index is -3.92. The summed E-state index contributed by atoms with van der Waals surface area (Å²) in [6.07, 6.45) is 0. The average Bonchev–Trinajstić information content (AvgIpc) is 2.55. The highest BCUT2D eigenvalue weighted by molar-refractivity contribution is 9.10. The molecule has 2 aromatic carbocycles. The summed E-state index contributed by atoms with van der Waals surface area (Å²) in [5, 5.41) is 5.13. The predicted octanol–water partition coefficient (Wildman–Crippen LogP) is 2.53. The van der Waals surface area contributed by atoms with E-state index in [-0.39, 0.29) is 15.5 Å². The summed E-state index contributed by atoms with van der Waals surface area (Å²) in [5.74, 6) is 0.230. The zero-order valence-corrected chi connectivity index (χ0v) is 17.4. The van der Waals surface area contributed by atoms with E-state index in [1.165, 1.54) is 24.3 Å². The van der Waals surface area contributed by atoms with Gasteiger partial charge in [-0.2, -0.15) is 0 Å². The van der Waals surface area contributed by atoms with Crippen LogP contribution in [0.15, 0.2) is 56.7 Å². The van der Waals surface area contributed by atoms with Crippen LogP contribution in [0.25, 0.3) is 0 Å². The van der Waals surface area contributed by atoms with Gasteiger partial charge < -0.3 is 4.74 Å². The molecule has 0 saturated carbocycles. The number of nitrogens with two attached hydrogens (primary N) is 1. The molecule has 0 fully saturated rings. The third-order valence-corrected chi connectivity index (χ3v) is 6.48. The first-order valence-corrected chi connectivity index (χ1v) is 11.4. The van der Waals surface area contributed by atoms with Crippen molar-refractivity contribution in [3.8, 4) is 5.75 Å². The zero-order valence-electron chi connectivity index (χ0n) is 14.1. The molecule has 0 aliphatic heterocycles. The standard InChI is InChI=1S/C16H19BrN2O5S2/c1-3-24-15-8-7-13(17)10-16(15)26(22,23)19-11(2)12-5-4-6-14(9-12)25(18,20)21/h4-11,19H,3H2,1-2H3,(H2,18,20,21). The Labute approximate surface area is 161 Å². The molecule has 0 aliphatic carbocycles. The minimum absolute atomic E-state index is 0.0109. The molecule has 0 aromatic heterocycles. The van der Waals surface area contributed by atoms with Gasteiger partial charge in [0.1, 0.15) is 10.6 Å². The maximum Gasteiger partial charge on any atom is 0.244 e. The lowest BCUT2D eigenvalue weighted by Crippen LogP contribution is -2.27. The maximum atomic E-state index is 12.8. The molecule has 26 heavy (non-hydrogen) atoms. The Kier molecular flexibility index (Phi) is 6.46. The van der Waals surface area contributed by atoms with Crippen LogP contribution in [-0.4, -0.2) is 23.4 Å². The molecule has 0 heterocycles. The van der Waals surface area contributed by atoms with Crippen molar-refractivity contribution in [1.82, 2.24) is 4.72 Å². The number of ether oxygens (including phenoxy) is 1. The fourth-order valence-electron chi connectivity index (χ4n) is 2.29. The normalized spacial score (nSPS) is 13.4. The van der Waals surface area contributed by atoms with E-state index in [0.717, 1.165) is 0 Å². The van der Waals surface area contributed by atoms with Crippen molar-refractivity contribution >= 4 is 36.0 Å². The fraction of sp³-hybridized carbons (Fsp3) is 0.250. The zero-order chi connectivity index (χ0) is 19.5. The summed E-state index contributed by atoms with van der Waals surface area (Å²) in [6.45, 7) is 3.68. The van der Waals surface area contributed by atoms with Crippen LogP contribution in [-0.2, 0) is 20.0 Å². The number of benzene rings is 2. The maximum absolute atomic E-state index is 12.8. The second-order valence-corrected chi connectivity index (χ2v) is 9.64. The molecule has 0 bridgehead atoms. The van der Waals surface area contributed by atoms with Gasteiger partial charge in [0.05, 0.1) is 11.5 Å². The highest BCUT2D eigenvalue weighted by Gasteiger charge is 2.23. The lowest BCUT2D eigenvalue weighted by molar-refractivity contribution is 0.331. The third kappa shape index (κ3) is 5.04. The Morgan fingerprint density at radius 2 is 1.85 bits per heavy atom. The number of sulfonamides is 2. The minimum Gasteiger partial charge on any atom is -0.492 e. The van der Waals surface area contributed by atoms with Crippen molar-refractivity contribution in [2.45, 2.75) is 29.7 Å². The lowest BCUT2D eigenvalue weighted by Gasteiger charge is -2.17. The topological polar surface area (TPSA) is 116 Å². The fourth-order valence-corrected chi connectivity index (χ4v) is 4.78. The summed E-state index contributed by atoms with van der Waals surface area (Å²) in [6, 6.07) is 9.82. The van der Waals surface area contributed by atoms with E-state index in [1.807, 2.05) is 0 Å². The molecule has 7 nitrogen and oxygen atoms in total. The van der Waals surface area contributed by atoms with Gasteiger partial charge in [0, 0.05) is 10.5 Å². The Morgan fingerprint density at radius 3 is 2.46 bits per heavy atom. The molecule has 0 amide bonds. The Balaban J connectivity index is 2.37. The van der Waals surface area contributed by atoms with Crippen LogP contribution in [0.2, 0.25) is 0 Å². The van der Waals surface area contributed by atoms with E-state index in [4.69, 9.17) is 9.88 Å². The largest absolute Gasteiger partial charge is 0.492 e. The quantitative estimate of drug-likeness (QED) is 0.655. The summed E-state index contributed by atoms with van der Waals surface area (Å²) >= 11 is 3.25. The van der Waals surface area contributed by atoms with Gasteiger partial charge in [-0.25, -0.2) is 26.7 Å². The van der Waals surface area contributed by atoms with Crippen LogP contribution in [0.3, 0.4) is 0 Å². The molecule has 0 spiro atoms. The van der Waals surface area contributed by atoms with Gasteiger partial charge in [-0.3, -0.25) is 0 Å². The number of primary sulfonamides is 1. The van der Waals surface area contributed by atoms with Gasteiger partial charge in [-0.15, -0.1) is 0 Å². The van der Waals surface area contributed by atoms with Gasteiger partial charge >= 0.3 is 0 Å².